The zero-order valence-corrected chi connectivity index (χ0v) is 16.8. The van der Waals surface area contributed by atoms with Gasteiger partial charge >= 0.3 is 5.97 Å². The standard InChI is InChI=1S/C26H25NO3/c28-25(27-24-12-6-10-22-9-4-5-11-23(22)24)18-30-26(29)17-19-13-15-21(16-14-19)20-7-2-1-3-8-20/h1-5,7-9,11,13-16,24H,6,10,12,17-18H2,(H,27,28). The van der Waals surface area contributed by atoms with E-state index in [0.29, 0.717) is 0 Å². The molecule has 0 saturated carbocycles. The first kappa shape index (κ1) is 19.9. The van der Waals surface area contributed by atoms with Crippen molar-refractivity contribution in [2.45, 2.75) is 31.7 Å². The lowest BCUT2D eigenvalue weighted by Crippen LogP contribution is -2.34. The summed E-state index contributed by atoms with van der Waals surface area (Å²) in [4.78, 5) is 24.5. The maximum Gasteiger partial charge on any atom is 0.310 e. The third kappa shape index (κ3) is 4.95. The van der Waals surface area contributed by atoms with Gasteiger partial charge in [-0.2, -0.15) is 0 Å². The Hall–Kier alpha value is -3.40. The van der Waals surface area contributed by atoms with Crippen LogP contribution in [-0.2, 0) is 27.2 Å². The first-order valence-electron chi connectivity index (χ1n) is 10.4. The number of nitrogens with one attached hydrogen (secondary N) is 1. The van der Waals surface area contributed by atoms with Crippen LogP contribution < -0.4 is 5.32 Å². The summed E-state index contributed by atoms with van der Waals surface area (Å²) in [6, 6.07) is 26.1. The van der Waals surface area contributed by atoms with Crippen molar-refractivity contribution in [3.63, 3.8) is 0 Å². The van der Waals surface area contributed by atoms with Crippen molar-refractivity contribution in [2.24, 2.45) is 0 Å². The van der Waals surface area contributed by atoms with Crippen molar-refractivity contribution in [1.29, 1.82) is 0 Å². The average molecular weight is 399 g/mol. The van der Waals surface area contributed by atoms with E-state index in [0.717, 1.165) is 36.0 Å². The molecule has 4 heteroatoms. The number of fused-ring (bicyclic) bond motifs is 1. The Morgan fingerprint density at radius 2 is 1.57 bits per heavy atom. The second-order valence-electron chi connectivity index (χ2n) is 7.61. The maximum absolute atomic E-state index is 12.3. The highest BCUT2D eigenvalue weighted by molar-refractivity contribution is 5.81. The number of amides is 1. The van der Waals surface area contributed by atoms with Crippen molar-refractivity contribution in [3.05, 3.63) is 95.6 Å². The molecule has 0 aromatic heterocycles. The fourth-order valence-corrected chi connectivity index (χ4v) is 3.95. The summed E-state index contributed by atoms with van der Waals surface area (Å²) >= 11 is 0. The predicted octanol–water partition coefficient (Wildman–Crippen LogP) is 4.63. The van der Waals surface area contributed by atoms with Crippen LogP contribution in [0.4, 0.5) is 0 Å². The highest BCUT2D eigenvalue weighted by atomic mass is 16.5. The number of hydrogen-bond donors (Lipinski definition) is 1. The molecule has 1 unspecified atom stereocenters. The molecule has 0 heterocycles. The number of carbonyl (C=O) groups is 2. The molecule has 4 nitrogen and oxygen atoms in total. The van der Waals surface area contributed by atoms with Crippen LogP contribution in [0.2, 0.25) is 0 Å². The van der Waals surface area contributed by atoms with Gasteiger partial charge in [-0.15, -0.1) is 0 Å². The van der Waals surface area contributed by atoms with Crippen LogP contribution in [0, 0.1) is 0 Å². The van der Waals surface area contributed by atoms with Gasteiger partial charge in [-0.1, -0.05) is 78.9 Å². The number of benzene rings is 3. The van der Waals surface area contributed by atoms with Gasteiger partial charge in [0, 0.05) is 0 Å². The minimum absolute atomic E-state index is 0.00770. The summed E-state index contributed by atoms with van der Waals surface area (Å²) in [5.41, 5.74) is 5.54. The summed E-state index contributed by atoms with van der Waals surface area (Å²) in [5, 5.41) is 3.00. The number of ether oxygens (including phenoxy) is 1. The summed E-state index contributed by atoms with van der Waals surface area (Å²) in [7, 11) is 0. The molecule has 0 bridgehead atoms. The molecule has 30 heavy (non-hydrogen) atoms. The molecule has 3 aromatic carbocycles. The monoisotopic (exact) mass is 399 g/mol. The van der Waals surface area contributed by atoms with E-state index in [1.807, 2.05) is 66.7 Å². The number of carbonyl (C=O) groups excluding carboxylic acids is 2. The van der Waals surface area contributed by atoms with Gasteiger partial charge in [0.05, 0.1) is 12.5 Å². The van der Waals surface area contributed by atoms with E-state index in [4.69, 9.17) is 4.74 Å². The van der Waals surface area contributed by atoms with Crippen LogP contribution >= 0.6 is 0 Å². The number of hydrogen-bond acceptors (Lipinski definition) is 3. The van der Waals surface area contributed by atoms with E-state index in [1.165, 1.54) is 11.1 Å². The molecule has 1 aliphatic carbocycles. The Labute approximate surface area is 176 Å². The predicted molar refractivity (Wildman–Crippen MR) is 117 cm³/mol. The minimum Gasteiger partial charge on any atom is -0.455 e. The van der Waals surface area contributed by atoms with Gasteiger partial charge in [0.25, 0.3) is 5.91 Å². The van der Waals surface area contributed by atoms with Gasteiger partial charge in [0.2, 0.25) is 0 Å². The van der Waals surface area contributed by atoms with Crippen molar-refractivity contribution in [3.8, 4) is 11.1 Å². The van der Waals surface area contributed by atoms with Gasteiger partial charge in [-0.3, -0.25) is 9.59 Å². The SMILES string of the molecule is O=C(COC(=O)Cc1ccc(-c2ccccc2)cc1)NC1CCCc2ccccc21. The third-order valence-corrected chi connectivity index (χ3v) is 5.48. The van der Waals surface area contributed by atoms with E-state index in [1.54, 1.807) is 0 Å². The molecule has 3 aromatic rings. The second-order valence-corrected chi connectivity index (χ2v) is 7.61. The molecule has 0 radical (unpaired) electrons. The Morgan fingerprint density at radius 1 is 0.867 bits per heavy atom. The fourth-order valence-electron chi connectivity index (χ4n) is 3.95. The molecule has 1 amide bonds. The second kappa shape index (κ2) is 9.40. The van der Waals surface area contributed by atoms with Crippen LogP contribution in [0.5, 0.6) is 0 Å². The Kier molecular flexibility index (Phi) is 6.23. The molecular weight excluding hydrogens is 374 g/mol. The van der Waals surface area contributed by atoms with Crippen LogP contribution in [0.25, 0.3) is 11.1 Å². The van der Waals surface area contributed by atoms with Gasteiger partial charge in [-0.25, -0.2) is 0 Å². The number of aryl methyl sites for hydroxylation is 1. The molecule has 152 valence electrons. The Bertz CT molecular complexity index is 1010. The molecule has 0 saturated heterocycles. The van der Waals surface area contributed by atoms with Crippen molar-refractivity contribution >= 4 is 11.9 Å². The lowest BCUT2D eigenvalue weighted by Gasteiger charge is -2.26. The first-order valence-corrected chi connectivity index (χ1v) is 10.4. The lowest BCUT2D eigenvalue weighted by molar-refractivity contribution is -0.148. The molecule has 0 aliphatic heterocycles. The molecule has 0 fully saturated rings. The molecular formula is C26H25NO3. The van der Waals surface area contributed by atoms with Crippen LogP contribution in [0.1, 0.15) is 35.6 Å². The van der Waals surface area contributed by atoms with Crippen molar-refractivity contribution in [1.82, 2.24) is 5.32 Å². The summed E-state index contributed by atoms with van der Waals surface area (Å²) in [5.74, 6) is -0.661. The fraction of sp³-hybridized carbons (Fsp3) is 0.231. The zero-order valence-electron chi connectivity index (χ0n) is 16.8. The van der Waals surface area contributed by atoms with Crippen molar-refractivity contribution in [2.75, 3.05) is 6.61 Å². The first-order chi connectivity index (χ1) is 14.7. The van der Waals surface area contributed by atoms with E-state index < -0.39 is 5.97 Å². The number of esters is 1. The minimum atomic E-state index is -0.401. The largest absolute Gasteiger partial charge is 0.455 e. The van der Waals surface area contributed by atoms with E-state index >= 15 is 0 Å². The van der Waals surface area contributed by atoms with Gasteiger partial charge in [0.1, 0.15) is 0 Å². The molecule has 1 aliphatic rings. The van der Waals surface area contributed by atoms with Crippen LogP contribution in [0.3, 0.4) is 0 Å². The normalized spacial score (nSPS) is 15.1. The topological polar surface area (TPSA) is 55.4 Å². The summed E-state index contributed by atoms with van der Waals surface area (Å²) in [6.07, 6.45) is 3.14. The van der Waals surface area contributed by atoms with Crippen LogP contribution in [-0.4, -0.2) is 18.5 Å². The average Bonchev–Trinajstić information content (AvgIpc) is 2.79. The smallest absolute Gasteiger partial charge is 0.310 e. The third-order valence-electron chi connectivity index (χ3n) is 5.48. The Morgan fingerprint density at radius 3 is 2.37 bits per heavy atom. The lowest BCUT2D eigenvalue weighted by atomic mass is 9.88. The number of rotatable bonds is 6. The summed E-state index contributed by atoms with van der Waals surface area (Å²) in [6.45, 7) is -0.250. The highest BCUT2D eigenvalue weighted by Gasteiger charge is 2.21. The van der Waals surface area contributed by atoms with Gasteiger partial charge < -0.3 is 10.1 Å². The van der Waals surface area contributed by atoms with Crippen molar-refractivity contribution < 1.29 is 14.3 Å². The van der Waals surface area contributed by atoms with Crippen LogP contribution in [0.15, 0.2) is 78.9 Å². The highest BCUT2D eigenvalue weighted by Crippen LogP contribution is 2.29. The van der Waals surface area contributed by atoms with E-state index in [-0.39, 0.29) is 25.0 Å². The summed E-state index contributed by atoms with van der Waals surface area (Å²) < 4.78 is 5.20. The zero-order chi connectivity index (χ0) is 20.8. The molecule has 1 N–H and O–H groups in total. The quantitative estimate of drug-likeness (QED) is 0.615. The van der Waals surface area contributed by atoms with Gasteiger partial charge in [0.15, 0.2) is 6.61 Å². The Balaban J connectivity index is 1.26. The molecule has 0 spiro atoms. The molecule has 4 rings (SSSR count). The van der Waals surface area contributed by atoms with E-state index in [9.17, 15) is 9.59 Å². The van der Waals surface area contributed by atoms with E-state index in [2.05, 4.69) is 17.4 Å². The van der Waals surface area contributed by atoms with Gasteiger partial charge in [-0.05, 0) is 47.1 Å². The molecule has 1 atom stereocenters. The maximum atomic E-state index is 12.3.